The Labute approximate surface area is 132 Å². The first kappa shape index (κ1) is 16.6. The van der Waals surface area contributed by atoms with Crippen molar-refractivity contribution < 1.29 is 18.3 Å². The number of ether oxygens (including phenoxy) is 1. The summed E-state index contributed by atoms with van der Waals surface area (Å²) in [5.74, 6) is -0.243. The van der Waals surface area contributed by atoms with Gasteiger partial charge in [0.1, 0.15) is 5.75 Å². The molecule has 0 aliphatic heterocycles. The van der Waals surface area contributed by atoms with Crippen LogP contribution in [0.5, 0.6) is 5.75 Å². The van der Waals surface area contributed by atoms with Gasteiger partial charge in [-0.2, -0.15) is 13.9 Å². The van der Waals surface area contributed by atoms with Crippen LogP contribution in [0.4, 0.5) is 8.78 Å². The molecule has 4 nitrogen and oxygen atoms in total. The van der Waals surface area contributed by atoms with Crippen molar-refractivity contribution in [2.24, 2.45) is 5.10 Å². The molecule has 1 amide bonds. The van der Waals surface area contributed by atoms with Gasteiger partial charge in [-0.05, 0) is 55.3 Å². The molecule has 0 saturated carbocycles. The summed E-state index contributed by atoms with van der Waals surface area (Å²) in [6, 6.07) is 11.4. The maximum Gasteiger partial charge on any atom is 0.387 e. The van der Waals surface area contributed by atoms with Crippen LogP contribution in [0.3, 0.4) is 0 Å². The molecular weight excluding hydrogens is 302 g/mol. The Hall–Kier alpha value is -2.76. The second kappa shape index (κ2) is 7.49. The number of carbonyl (C=O) groups excluding carboxylic acids is 1. The maximum absolute atomic E-state index is 12.0. The molecule has 0 atom stereocenters. The van der Waals surface area contributed by atoms with Crippen molar-refractivity contribution in [2.75, 3.05) is 0 Å². The fourth-order valence-electron chi connectivity index (χ4n) is 2.03. The standard InChI is InChI=1S/C17H16F2N2O2/c1-11-3-8-15(12(2)9-11)16(22)21-20-10-13-4-6-14(7-5-13)23-17(18)19/h3-10,17H,1-2H3,(H,21,22)/b20-10-. The van der Waals surface area contributed by atoms with Crippen LogP contribution in [0, 0.1) is 13.8 Å². The lowest BCUT2D eigenvalue weighted by atomic mass is 10.1. The van der Waals surface area contributed by atoms with E-state index in [0.717, 1.165) is 11.1 Å². The second-order valence-corrected chi connectivity index (χ2v) is 4.97. The smallest absolute Gasteiger partial charge is 0.387 e. The third-order valence-electron chi connectivity index (χ3n) is 3.11. The lowest BCUT2D eigenvalue weighted by Gasteiger charge is -2.05. The summed E-state index contributed by atoms with van der Waals surface area (Å²) in [5, 5.41) is 3.86. The van der Waals surface area contributed by atoms with E-state index in [9.17, 15) is 13.6 Å². The number of hydrazone groups is 1. The van der Waals surface area contributed by atoms with Crippen LogP contribution in [-0.2, 0) is 0 Å². The molecule has 0 aliphatic rings. The first-order valence-electron chi connectivity index (χ1n) is 6.91. The van der Waals surface area contributed by atoms with Gasteiger partial charge in [0.2, 0.25) is 0 Å². The number of rotatable bonds is 5. The fraction of sp³-hybridized carbons (Fsp3) is 0.176. The van der Waals surface area contributed by atoms with Gasteiger partial charge in [0.05, 0.1) is 6.21 Å². The molecule has 6 heteroatoms. The van der Waals surface area contributed by atoms with Crippen LogP contribution in [0.25, 0.3) is 0 Å². The van der Waals surface area contributed by atoms with Crippen molar-refractivity contribution >= 4 is 12.1 Å². The highest BCUT2D eigenvalue weighted by Crippen LogP contribution is 2.14. The van der Waals surface area contributed by atoms with Crippen LogP contribution in [0.1, 0.15) is 27.0 Å². The van der Waals surface area contributed by atoms with Crippen molar-refractivity contribution in [2.45, 2.75) is 20.5 Å². The highest BCUT2D eigenvalue weighted by Gasteiger charge is 2.07. The maximum atomic E-state index is 12.0. The third-order valence-corrected chi connectivity index (χ3v) is 3.11. The first-order chi connectivity index (χ1) is 11.0. The zero-order valence-corrected chi connectivity index (χ0v) is 12.7. The highest BCUT2D eigenvalue weighted by molar-refractivity contribution is 5.96. The van der Waals surface area contributed by atoms with Gasteiger partial charge in [-0.3, -0.25) is 4.79 Å². The topological polar surface area (TPSA) is 50.7 Å². The van der Waals surface area contributed by atoms with Gasteiger partial charge in [-0.25, -0.2) is 5.43 Å². The number of nitrogens with one attached hydrogen (secondary N) is 1. The summed E-state index contributed by atoms with van der Waals surface area (Å²) in [6.07, 6.45) is 1.42. The molecular formula is C17H16F2N2O2. The van der Waals surface area contributed by atoms with E-state index < -0.39 is 6.61 Å². The van der Waals surface area contributed by atoms with Gasteiger partial charge in [-0.1, -0.05) is 17.7 Å². The van der Waals surface area contributed by atoms with E-state index >= 15 is 0 Å². The van der Waals surface area contributed by atoms with Crippen LogP contribution in [-0.4, -0.2) is 18.7 Å². The largest absolute Gasteiger partial charge is 0.435 e. The van der Waals surface area contributed by atoms with Gasteiger partial charge < -0.3 is 4.74 Å². The SMILES string of the molecule is Cc1ccc(C(=O)N/N=C\c2ccc(OC(F)F)cc2)c(C)c1. The van der Waals surface area contributed by atoms with E-state index in [1.54, 1.807) is 18.2 Å². The fourth-order valence-corrected chi connectivity index (χ4v) is 2.03. The van der Waals surface area contributed by atoms with Crippen molar-refractivity contribution in [3.05, 3.63) is 64.7 Å². The lowest BCUT2D eigenvalue weighted by molar-refractivity contribution is -0.0498. The number of aryl methyl sites for hydroxylation is 2. The summed E-state index contributed by atoms with van der Waals surface area (Å²) in [7, 11) is 0. The predicted octanol–water partition coefficient (Wildman–Crippen LogP) is 3.67. The quantitative estimate of drug-likeness (QED) is 0.675. The minimum Gasteiger partial charge on any atom is -0.435 e. The number of amides is 1. The van der Waals surface area contributed by atoms with Crippen molar-refractivity contribution in [1.82, 2.24) is 5.43 Å². The van der Waals surface area contributed by atoms with Crippen LogP contribution in [0.15, 0.2) is 47.6 Å². The number of carbonyl (C=O) groups is 1. The van der Waals surface area contributed by atoms with Crippen LogP contribution >= 0.6 is 0 Å². The van der Waals surface area contributed by atoms with Crippen molar-refractivity contribution in [1.29, 1.82) is 0 Å². The molecule has 0 radical (unpaired) electrons. The highest BCUT2D eigenvalue weighted by atomic mass is 19.3. The molecule has 0 fully saturated rings. The Bertz CT molecular complexity index is 713. The minimum absolute atomic E-state index is 0.0662. The zero-order chi connectivity index (χ0) is 16.8. The lowest BCUT2D eigenvalue weighted by Crippen LogP contribution is -2.18. The van der Waals surface area contributed by atoms with Gasteiger partial charge in [0.25, 0.3) is 5.91 Å². The number of hydrogen-bond acceptors (Lipinski definition) is 3. The van der Waals surface area contributed by atoms with Crippen LogP contribution in [0.2, 0.25) is 0 Å². The second-order valence-electron chi connectivity index (χ2n) is 4.97. The summed E-state index contributed by atoms with van der Waals surface area (Å²) in [4.78, 5) is 12.0. The Balaban J connectivity index is 1.97. The van der Waals surface area contributed by atoms with Gasteiger partial charge in [-0.15, -0.1) is 0 Å². The summed E-state index contributed by atoms with van der Waals surface area (Å²) >= 11 is 0. The average Bonchev–Trinajstić information content (AvgIpc) is 2.48. The van der Waals surface area contributed by atoms with E-state index in [2.05, 4.69) is 15.3 Å². The zero-order valence-electron chi connectivity index (χ0n) is 12.7. The first-order valence-corrected chi connectivity index (χ1v) is 6.91. The summed E-state index contributed by atoms with van der Waals surface area (Å²) in [6.45, 7) is 0.952. The molecule has 0 unspecified atom stereocenters. The molecule has 0 aliphatic carbocycles. The van der Waals surface area contributed by atoms with E-state index in [1.807, 2.05) is 26.0 Å². The Morgan fingerprint density at radius 2 is 1.87 bits per heavy atom. The minimum atomic E-state index is -2.86. The molecule has 23 heavy (non-hydrogen) atoms. The molecule has 2 rings (SSSR count). The molecule has 1 N–H and O–H groups in total. The molecule has 2 aromatic rings. The number of halogens is 2. The number of benzene rings is 2. The Kier molecular flexibility index (Phi) is 5.41. The normalized spacial score (nSPS) is 11.0. The molecule has 0 bridgehead atoms. The van der Waals surface area contributed by atoms with E-state index in [-0.39, 0.29) is 11.7 Å². The summed E-state index contributed by atoms with van der Waals surface area (Å²) < 4.78 is 28.3. The monoisotopic (exact) mass is 318 g/mol. The molecule has 0 aromatic heterocycles. The Morgan fingerprint density at radius 1 is 1.17 bits per heavy atom. The van der Waals surface area contributed by atoms with Crippen molar-refractivity contribution in [3.63, 3.8) is 0 Å². The molecule has 0 spiro atoms. The number of hydrogen-bond donors (Lipinski definition) is 1. The molecule has 0 saturated heterocycles. The van der Waals surface area contributed by atoms with E-state index in [1.165, 1.54) is 18.3 Å². The van der Waals surface area contributed by atoms with Gasteiger partial charge in [0.15, 0.2) is 0 Å². The van der Waals surface area contributed by atoms with Crippen molar-refractivity contribution in [3.8, 4) is 5.75 Å². The predicted molar refractivity (Wildman–Crippen MR) is 84.1 cm³/mol. The Morgan fingerprint density at radius 3 is 2.48 bits per heavy atom. The molecule has 120 valence electrons. The summed E-state index contributed by atoms with van der Waals surface area (Å²) in [5.41, 5.74) is 5.57. The average molecular weight is 318 g/mol. The number of alkyl halides is 2. The number of nitrogens with zero attached hydrogens (tertiary/aromatic N) is 1. The van der Waals surface area contributed by atoms with Crippen LogP contribution < -0.4 is 10.2 Å². The van der Waals surface area contributed by atoms with E-state index in [4.69, 9.17) is 0 Å². The van der Waals surface area contributed by atoms with Gasteiger partial charge >= 0.3 is 6.61 Å². The van der Waals surface area contributed by atoms with E-state index in [0.29, 0.717) is 11.1 Å². The van der Waals surface area contributed by atoms with Gasteiger partial charge in [0, 0.05) is 5.56 Å². The molecule has 2 aromatic carbocycles. The third kappa shape index (κ3) is 4.88. The molecule has 0 heterocycles.